The van der Waals surface area contributed by atoms with Crippen molar-refractivity contribution in [3.05, 3.63) is 66.9 Å². The second-order valence-corrected chi connectivity index (χ2v) is 8.69. The third-order valence-corrected chi connectivity index (χ3v) is 6.92. The lowest BCUT2D eigenvalue weighted by atomic mass is 10.1. The minimum atomic E-state index is -3.82. The number of piperazine rings is 1. The van der Waals surface area contributed by atoms with Gasteiger partial charge in [-0.25, -0.2) is 0 Å². The van der Waals surface area contributed by atoms with Crippen LogP contribution in [-0.4, -0.2) is 43.8 Å². The summed E-state index contributed by atoms with van der Waals surface area (Å²) in [5.74, 6) is 0. The van der Waals surface area contributed by atoms with Crippen LogP contribution in [0.15, 0.2) is 71.8 Å². The summed E-state index contributed by atoms with van der Waals surface area (Å²) in [6, 6.07) is 18.7. The van der Waals surface area contributed by atoms with Gasteiger partial charge in [0.2, 0.25) is 0 Å². The second kappa shape index (κ2) is 6.61. The van der Waals surface area contributed by atoms with E-state index >= 15 is 0 Å². The normalized spacial score (nSPS) is 15.4. The molecule has 0 spiro atoms. The summed E-state index contributed by atoms with van der Waals surface area (Å²) in [6.07, 6.45) is 1.61. The van der Waals surface area contributed by atoms with Crippen molar-refractivity contribution in [1.82, 2.24) is 14.5 Å². The van der Waals surface area contributed by atoms with Crippen molar-refractivity contribution in [2.75, 3.05) is 31.1 Å². The number of anilines is 1. The number of benzene rings is 3. The van der Waals surface area contributed by atoms with Gasteiger partial charge in [0.05, 0.1) is 16.6 Å². The molecule has 4 aromatic rings. The molecule has 0 amide bonds. The molecule has 1 aliphatic heterocycles. The predicted octanol–water partition coefficient (Wildman–Crippen LogP) is 2.84. The summed E-state index contributed by atoms with van der Waals surface area (Å²) in [5.41, 5.74) is 1.62. The van der Waals surface area contributed by atoms with E-state index in [0.717, 1.165) is 46.7 Å². The van der Waals surface area contributed by atoms with E-state index in [4.69, 9.17) is 0 Å². The number of hydrogen-bond acceptors (Lipinski definition) is 5. The Morgan fingerprint density at radius 2 is 1.68 bits per heavy atom. The second-order valence-electron chi connectivity index (χ2n) is 6.95. The third-order valence-electron chi connectivity index (χ3n) is 5.26. The summed E-state index contributed by atoms with van der Waals surface area (Å²) >= 11 is 0. The minimum Gasteiger partial charge on any atom is -0.369 e. The van der Waals surface area contributed by atoms with Crippen LogP contribution in [0.1, 0.15) is 0 Å². The molecule has 0 bridgehead atoms. The molecule has 142 valence electrons. The van der Waals surface area contributed by atoms with E-state index in [1.807, 2.05) is 48.5 Å². The molecular formula is C21H20N4O2S. The number of aromatic nitrogens is 2. The molecule has 1 saturated heterocycles. The quantitative estimate of drug-likeness (QED) is 0.581. The van der Waals surface area contributed by atoms with Gasteiger partial charge in [0, 0.05) is 42.6 Å². The van der Waals surface area contributed by atoms with Gasteiger partial charge in [0.1, 0.15) is 0 Å². The molecule has 5 rings (SSSR count). The monoisotopic (exact) mass is 392 g/mol. The lowest BCUT2D eigenvalue weighted by Gasteiger charge is -2.29. The largest absolute Gasteiger partial charge is 0.369 e. The lowest BCUT2D eigenvalue weighted by Crippen LogP contribution is -2.43. The Hall–Kier alpha value is -2.90. The Labute approximate surface area is 163 Å². The summed E-state index contributed by atoms with van der Waals surface area (Å²) in [6.45, 7) is 3.64. The molecule has 6 nitrogen and oxygen atoms in total. The highest BCUT2D eigenvalue weighted by molar-refractivity contribution is 7.90. The van der Waals surface area contributed by atoms with E-state index in [1.165, 1.54) is 0 Å². The zero-order valence-electron chi connectivity index (χ0n) is 15.2. The van der Waals surface area contributed by atoms with Gasteiger partial charge in [-0.05, 0) is 29.7 Å². The Morgan fingerprint density at radius 3 is 2.54 bits per heavy atom. The van der Waals surface area contributed by atoms with Gasteiger partial charge in [-0.2, -0.15) is 17.6 Å². The van der Waals surface area contributed by atoms with E-state index in [0.29, 0.717) is 10.9 Å². The van der Waals surface area contributed by atoms with Crippen molar-refractivity contribution >= 4 is 37.4 Å². The van der Waals surface area contributed by atoms with Gasteiger partial charge >= 0.3 is 0 Å². The molecular weight excluding hydrogens is 372 g/mol. The molecule has 2 heterocycles. The third kappa shape index (κ3) is 2.75. The summed E-state index contributed by atoms with van der Waals surface area (Å²) in [7, 11) is -3.82. The number of nitrogens with zero attached hydrogens (tertiary/aromatic N) is 3. The fraction of sp³-hybridized carbons (Fsp3) is 0.190. The Morgan fingerprint density at radius 1 is 0.893 bits per heavy atom. The van der Waals surface area contributed by atoms with Gasteiger partial charge in [0.25, 0.3) is 10.0 Å². The van der Waals surface area contributed by atoms with E-state index in [1.54, 1.807) is 18.3 Å². The first-order valence-corrected chi connectivity index (χ1v) is 10.8. The van der Waals surface area contributed by atoms with E-state index in [2.05, 4.69) is 15.3 Å². The zero-order chi connectivity index (χ0) is 19.1. The Kier molecular flexibility index (Phi) is 4.07. The highest BCUT2D eigenvalue weighted by Gasteiger charge is 2.23. The highest BCUT2D eigenvalue weighted by atomic mass is 32.2. The molecule has 1 aliphatic rings. The fourth-order valence-corrected chi connectivity index (χ4v) is 5.30. The molecule has 1 aromatic heterocycles. The van der Waals surface area contributed by atoms with Gasteiger partial charge in [-0.1, -0.05) is 36.4 Å². The maximum atomic E-state index is 13.5. The highest BCUT2D eigenvalue weighted by Crippen LogP contribution is 2.28. The summed E-state index contributed by atoms with van der Waals surface area (Å²) in [4.78, 5) is 2.53. The van der Waals surface area contributed by atoms with Crippen molar-refractivity contribution < 1.29 is 8.42 Å². The van der Waals surface area contributed by atoms with Crippen LogP contribution < -0.4 is 10.2 Å². The van der Waals surface area contributed by atoms with Crippen LogP contribution in [0.3, 0.4) is 0 Å². The van der Waals surface area contributed by atoms with Crippen LogP contribution in [0, 0.1) is 0 Å². The molecule has 0 aliphatic carbocycles. The summed E-state index contributed by atoms with van der Waals surface area (Å²) in [5, 5.41) is 9.97. The van der Waals surface area contributed by atoms with Gasteiger partial charge in [0.15, 0.2) is 0 Å². The van der Waals surface area contributed by atoms with Crippen LogP contribution in [0.2, 0.25) is 0 Å². The van der Waals surface area contributed by atoms with Crippen LogP contribution >= 0.6 is 0 Å². The topological polar surface area (TPSA) is 67.2 Å². The zero-order valence-corrected chi connectivity index (χ0v) is 16.1. The molecule has 1 fully saturated rings. The van der Waals surface area contributed by atoms with Crippen molar-refractivity contribution in [3.63, 3.8) is 0 Å². The molecule has 1 N–H and O–H groups in total. The van der Waals surface area contributed by atoms with Gasteiger partial charge in [-0.15, -0.1) is 0 Å². The smallest absolute Gasteiger partial charge is 0.284 e. The van der Waals surface area contributed by atoms with Crippen LogP contribution in [0.4, 0.5) is 5.69 Å². The van der Waals surface area contributed by atoms with Crippen LogP contribution in [-0.2, 0) is 10.0 Å². The molecule has 0 saturated carbocycles. The number of rotatable bonds is 3. The first kappa shape index (κ1) is 17.2. The van der Waals surface area contributed by atoms with Gasteiger partial charge in [-0.3, -0.25) is 0 Å². The standard InChI is InChI=1S/C21H20N4O2S/c26-28(27,21-7-3-5-16-4-1-2-6-19(16)21)25-20-14-18(9-8-17(20)15-23-25)24-12-10-22-11-13-24/h1-9,14-15,22H,10-13H2. The fourth-order valence-electron chi connectivity index (χ4n) is 3.81. The molecule has 0 unspecified atom stereocenters. The van der Waals surface area contributed by atoms with E-state index in [9.17, 15) is 8.42 Å². The first-order chi connectivity index (χ1) is 13.6. The number of fused-ring (bicyclic) bond motifs is 2. The first-order valence-electron chi connectivity index (χ1n) is 9.31. The summed E-state index contributed by atoms with van der Waals surface area (Å²) < 4.78 is 28.1. The number of nitrogens with one attached hydrogen (secondary N) is 1. The van der Waals surface area contributed by atoms with Crippen molar-refractivity contribution in [2.24, 2.45) is 0 Å². The molecule has 0 radical (unpaired) electrons. The van der Waals surface area contributed by atoms with E-state index < -0.39 is 10.0 Å². The Balaban J connectivity index is 1.67. The SMILES string of the molecule is O=S(=O)(c1cccc2ccccc12)n1ncc2ccc(N3CCNCC3)cc21. The number of hydrogen-bond donors (Lipinski definition) is 1. The lowest BCUT2D eigenvalue weighted by molar-refractivity contribution is 0.583. The van der Waals surface area contributed by atoms with Crippen molar-refractivity contribution in [1.29, 1.82) is 0 Å². The van der Waals surface area contributed by atoms with E-state index in [-0.39, 0.29) is 4.90 Å². The molecule has 3 aromatic carbocycles. The molecule has 7 heteroatoms. The Bertz CT molecular complexity index is 1270. The van der Waals surface area contributed by atoms with Gasteiger partial charge < -0.3 is 10.2 Å². The maximum Gasteiger partial charge on any atom is 0.284 e. The minimum absolute atomic E-state index is 0.267. The van der Waals surface area contributed by atoms with Crippen molar-refractivity contribution in [2.45, 2.75) is 4.90 Å². The van der Waals surface area contributed by atoms with Crippen molar-refractivity contribution in [3.8, 4) is 0 Å². The average Bonchev–Trinajstić information content (AvgIpc) is 3.18. The maximum absolute atomic E-state index is 13.5. The van der Waals surface area contributed by atoms with Crippen LogP contribution in [0.5, 0.6) is 0 Å². The molecule has 0 atom stereocenters. The molecule has 28 heavy (non-hydrogen) atoms. The average molecular weight is 392 g/mol. The predicted molar refractivity (Wildman–Crippen MR) is 111 cm³/mol. The van der Waals surface area contributed by atoms with Crippen LogP contribution in [0.25, 0.3) is 21.7 Å².